The maximum atomic E-state index is 12.9. The minimum Gasteiger partial charge on any atom is -0.495 e. The van der Waals surface area contributed by atoms with Crippen LogP contribution in [0.3, 0.4) is 0 Å². The highest BCUT2D eigenvalue weighted by Gasteiger charge is 2.31. The fraction of sp³-hybridized carbons (Fsp3) is 0.632. The van der Waals surface area contributed by atoms with Crippen molar-refractivity contribution >= 4 is 16.0 Å². The molecule has 1 saturated heterocycles. The van der Waals surface area contributed by atoms with Crippen molar-refractivity contribution in [1.82, 2.24) is 4.31 Å². The van der Waals surface area contributed by atoms with E-state index < -0.39 is 16.0 Å². The van der Waals surface area contributed by atoms with Gasteiger partial charge in [0.05, 0.1) is 12.7 Å². The van der Waals surface area contributed by atoms with Crippen molar-refractivity contribution in [2.24, 2.45) is 0 Å². The van der Waals surface area contributed by atoms with Gasteiger partial charge >= 0.3 is 5.97 Å². The van der Waals surface area contributed by atoms with E-state index in [4.69, 9.17) is 9.47 Å². The first-order valence-corrected chi connectivity index (χ1v) is 10.9. The van der Waals surface area contributed by atoms with Crippen LogP contribution in [0.1, 0.15) is 61.7 Å². The van der Waals surface area contributed by atoms with Crippen LogP contribution in [-0.4, -0.2) is 45.0 Å². The fourth-order valence-electron chi connectivity index (χ4n) is 3.65. The number of sulfonamides is 1. The van der Waals surface area contributed by atoms with E-state index in [1.165, 1.54) is 36.4 Å². The Morgan fingerprint density at radius 1 is 1.04 bits per heavy atom. The standard InChI is InChI=1S/C19H27NO5S/c1-24-17-11-10-15(19(21)25-16-8-4-2-3-5-9-16)14-18(17)26(22,23)20-12-6-7-13-20/h10-11,14,16H,2-9,12-13H2,1H3. The second-order valence-corrected chi connectivity index (χ2v) is 8.90. The van der Waals surface area contributed by atoms with Gasteiger partial charge in [-0.25, -0.2) is 13.2 Å². The summed E-state index contributed by atoms with van der Waals surface area (Å²) in [6.07, 6.45) is 7.86. The number of hydrogen-bond donors (Lipinski definition) is 0. The SMILES string of the molecule is COc1ccc(C(=O)OC2CCCCCC2)cc1S(=O)(=O)N1CCCC1. The second kappa shape index (κ2) is 8.39. The van der Waals surface area contributed by atoms with Gasteiger partial charge in [-0.2, -0.15) is 4.31 Å². The highest BCUT2D eigenvalue weighted by molar-refractivity contribution is 7.89. The van der Waals surface area contributed by atoms with E-state index >= 15 is 0 Å². The molecule has 26 heavy (non-hydrogen) atoms. The predicted octanol–water partition coefficient (Wildman–Crippen LogP) is 3.36. The van der Waals surface area contributed by atoms with Crippen LogP contribution in [0, 0.1) is 0 Å². The molecule has 1 aromatic rings. The monoisotopic (exact) mass is 381 g/mol. The van der Waals surface area contributed by atoms with E-state index in [1.807, 2.05) is 0 Å². The van der Waals surface area contributed by atoms with Crippen molar-refractivity contribution in [2.45, 2.75) is 62.4 Å². The summed E-state index contributed by atoms with van der Waals surface area (Å²) < 4.78 is 38.2. The number of rotatable bonds is 5. The largest absolute Gasteiger partial charge is 0.495 e. The summed E-state index contributed by atoms with van der Waals surface area (Å²) >= 11 is 0. The summed E-state index contributed by atoms with van der Waals surface area (Å²) in [5.74, 6) is -0.208. The van der Waals surface area contributed by atoms with Crippen LogP contribution in [0.4, 0.5) is 0 Å². The molecule has 0 radical (unpaired) electrons. The van der Waals surface area contributed by atoms with Gasteiger partial charge in [0.1, 0.15) is 16.7 Å². The van der Waals surface area contributed by atoms with Gasteiger partial charge in [0.2, 0.25) is 10.0 Å². The summed E-state index contributed by atoms with van der Waals surface area (Å²) in [6.45, 7) is 1.00. The Morgan fingerprint density at radius 2 is 1.69 bits per heavy atom. The lowest BCUT2D eigenvalue weighted by molar-refractivity contribution is 0.0267. The molecule has 1 aliphatic carbocycles. The smallest absolute Gasteiger partial charge is 0.338 e. The van der Waals surface area contributed by atoms with Crippen LogP contribution in [0.5, 0.6) is 5.75 Å². The first-order valence-electron chi connectivity index (χ1n) is 9.41. The van der Waals surface area contributed by atoms with Crippen LogP contribution >= 0.6 is 0 Å². The van der Waals surface area contributed by atoms with Gasteiger partial charge in [0, 0.05) is 13.1 Å². The molecule has 3 rings (SSSR count). The Kier molecular flexibility index (Phi) is 6.19. The van der Waals surface area contributed by atoms with E-state index in [0.717, 1.165) is 38.5 Å². The summed E-state index contributed by atoms with van der Waals surface area (Å²) in [5, 5.41) is 0. The molecule has 0 N–H and O–H groups in total. The van der Waals surface area contributed by atoms with Gasteiger partial charge < -0.3 is 9.47 Å². The number of methoxy groups -OCH3 is 1. The Hall–Kier alpha value is -1.60. The van der Waals surface area contributed by atoms with E-state index in [2.05, 4.69) is 0 Å². The van der Waals surface area contributed by atoms with Crippen LogP contribution in [0.2, 0.25) is 0 Å². The molecule has 2 fully saturated rings. The van der Waals surface area contributed by atoms with Crippen LogP contribution in [-0.2, 0) is 14.8 Å². The molecule has 0 atom stereocenters. The number of esters is 1. The molecular formula is C19H27NO5S. The van der Waals surface area contributed by atoms with Gasteiger partial charge in [0.25, 0.3) is 0 Å². The minimum atomic E-state index is -3.68. The molecule has 0 spiro atoms. The third-order valence-corrected chi connectivity index (χ3v) is 7.08. The van der Waals surface area contributed by atoms with Crippen LogP contribution < -0.4 is 4.74 Å². The van der Waals surface area contributed by atoms with Gasteiger partial charge in [0.15, 0.2) is 0 Å². The lowest BCUT2D eigenvalue weighted by Crippen LogP contribution is -2.28. The Bertz CT molecular complexity index is 732. The molecule has 1 saturated carbocycles. The maximum Gasteiger partial charge on any atom is 0.338 e. The van der Waals surface area contributed by atoms with Gasteiger partial charge in [-0.15, -0.1) is 0 Å². The van der Waals surface area contributed by atoms with Gasteiger partial charge in [-0.1, -0.05) is 12.8 Å². The normalized spacial score (nSPS) is 19.9. The number of benzene rings is 1. The molecule has 0 aromatic heterocycles. The molecule has 1 heterocycles. The van der Waals surface area contributed by atoms with E-state index in [0.29, 0.717) is 13.1 Å². The average Bonchev–Trinajstić information content (AvgIpc) is 3.08. The molecule has 1 aliphatic heterocycles. The van der Waals surface area contributed by atoms with Crippen molar-refractivity contribution < 1.29 is 22.7 Å². The quantitative estimate of drug-likeness (QED) is 0.578. The van der Waals surface area contributed by atoms with E-state index in [1.54, 1.807) is 6.07 Å². The summed E-state index contributed by atoms with van der Waals surface area (Å²) in [4.78, 5) is 12.6. The number of nitrogens with zero attached hydrogens (tertiary/aromatic N) is 1. The predicted molar refractivity (Wildman–Crippen MR) is 97.9 cm³/mol. The zero-order chi connectivity index (χ0) is 18.6. The summed E-state index contributed by atoms with van der Waals surface area (Å²) in [6, 6.07) is 4.50. The third-order valence-electron chi connectivity index (χ3n) is 5.16. The molecule has 144 valence electrons. The van der Waals surface area contributed by atoms with Gasteiger partial charge in [-0.3, -0.25) is 0 Å². The lowest BCUT2D eigenvalue weighted by Gasteiger charge is -2.19. The zero-order valence-electron chi connectivity index (χ0n) is 15.3. The average molecular weight is 381 g/mol. The fourth-order valence-corrected chi connectivity index (χ4v) is 5.35. The second-order valence-electron chi connectivity index (χ2n) is 7.00. The maximum absolute atomic E-state index is 12.9. The summed E-state index contributed by atoms with van der Waals surface area (Å²) in [7, 11) is -2.24. The summed E-state index contributed by atoms with van der Waals surface area (Å²) in [5.41, 5.74) is 0.257. The molecule has 0 amide bonds. The van der Waals surface area contributed by atoms with Crippen molar-refractivity contribution in [2.75, 3.05) is 20.2 Å². The number of hydrogen-bond acceptors (Lipinski definition) is 5. The van der Waals surface area contributed by atoms with Crippen molar-refractivity contribution in [3.63, 3.8) is 0 Å². The highest BCUT2D eigenvalue weighted by Crippen LogP contribution is 2.30. The molecular weight excluding hydrogens is 354 g/mol. The first kappa shape index (κ1) is 19.2. The van der Waals surface area contributed by atoms with Crippen molar-refractivity contribution in [3.05, 3.63) is 23.8 Å². The molecule has 0 unspecified atom stereocenters. The number of carbonyl (C=O) groups is 1. The number of carbonyl (C=O) groups excluding carboxylic acids is 1. The third kappa shape index (κ3) is 4.20. The Balaban J connectivity index is 1.83. The van der Waals surface area contributed by atoms with E-state index in [-0.39, 0.29) is 22.3 Å². The first-order chi connectivity index (χ1) is 12.5. The zero-order valence-corrected chi connectivity index (χ0v) is 16.1. The molecule has 2 aliphatic rings. The molecule has 1 aromatic carbocycles. The van der Waals surface area contributed by atoms with Gasteiger partial charge in [-0.05, 0) is 56.7 Å². The van der Waals surface area contributed by atoms with Crippen molar-refractivity contribution in [1.29, 1.82) is 0 Å². The topological polar surface area (TPSA) is 72.9 Å². The Morgan fingerprint density at radius 3 is 2.31 bits per heavy atom. The highest BCUT2D eigenvalue weighted by atomic mass is 32.2. The molecule has 0 bridgehead atoms. The van der Waals surface area contributed by atoms with E-state index in [9.17, 15) is 13.2 Å². The van der Waals surface area contributed by atoms with Crippen LogP contribution in [0.15, 0.2) is 23.1 Å². The Labute approximate surface area is 155 Å². The molecule has 6 nitrogen and oxygen atoms in total. The van der Waals surface area contributed by atoms with Crippen LogP contribution in [0.25, 0.3) is 0 Å². The van der Waals surface area contributed by atoms with Crippen molar-refractivity contribution in [3.8, 4) is 5.75 Å². The lowest BCUT2D eigenvalue weighted by atomic mass is 10.1. The molecule has 7 heteroatoms. The number of ether oxygens (including phenoxy) is 2. The minimum absolute atomic E-state index is 0.0391.